The van der Waals surface area contributed by atoms with Crippen molar-refractivity contribution in [3.8, 4) is 0 Å². The molecule has 1 nitrogen and oxygen atoms in total. The molecule has 0 aromatic carbocycles. The molecule has 1 rings (SSSR count). The van der Waals surface area contributed by atoms with E-state index in [2.05, 4.69) is 39.8 Å². The van der Waals surface area contributed by atoms with Crippen molar-refractivity contribution in [3.05, 3.63) is 0 Å². The van der Waals surface area contributed by atoms with Gasteiger partial charge < -0.3 is 4.90 Å². The summed E-state index contributed by atoms with van der Waals surface area (Å²) in [5.41, 5.74) is 0.976. The van der Waals surface area contributed by atoms with Crippen LogP contribution in [0.4, 0.5) is 0 Å². The summed E-state index contributed by atoms with van der Waals surface area (Å²) in [4.78, 5) is 2.38. The lowest BCUT2D eigenvalue weighted by atomic mass is 9.83. The summed E-state index contributed by atoms with van der Waals surface area (Å²) in [6, 6.07) is 0. The molecule has 0 atom stereocenters. The maximum atomic E-state index is 2.38. The van der Waals surface area contributed by atoms with E-state index in [-0.39, 0.29) is 0 Å². The van der Waals surface area contributed by atoms with E-state index >= 15 is 0 Å². The molecule has 1 aliphatic carbocycles. The average molecular weight is 141 g/mol. The molecule has 0 N–H and O–H groups in total. The van der Waals surface area contributed by atoms with Crippen molar-refractivity contribution >= 4 is 0 Å². The Morgan fingerprint density at radius 1 is 1.10 bits per heavy atom. The minimum atomic E-state index is 0.455. The van der Waals surface area contributed by atoms with Crippen molar-refractivity contribution in [1.82, 2.24) is 4.90 Å². The highest BCUT2D eigenvalue weighted by Crippen LogP contribution is 2.52. The third kappa shape index (κ3) is 0.968. The Morgan fingerprint density at radius 3 is 1.50 bits per heavy atom. The summed E-state index contributed by atoms with van der Waals surface area (Å²) in [6.45, 7) is 7.00. The zero-order valence-electron chi connectivity index (χ0n) is 7.86. The molecule has 1 heteroatoms. The fourth-order valence-corrected chi connectivity index (χ4v) is 1.99. The van der Waals surface area contributed by atoms with Crippen molar-refractivity contribution in [2.24, 2.45) is 5.41 Å². The third-order valence-corrected chi connectivity index (χ3v) is 2.98. The Bertz CT molecular complexity index is 126. The summed E-state index contributed by atoms with van der Waals surface area (Å²) < 4.78 is 0. The van der Waals surface area contributed by atoms with Crippen LogP contribution in [-0.4, -0.2) is 24.5 Å². The molecule has 0 aliphatic heterocycles. The summed E-state index contributed by atoms with van der Waals surface area (Å²) in [5.74, 6) is 0. The predicted molar refractivity (Wildman–Crippen MR) is 45.1 cm³/mol. The molecule has 1 saturated carbocycles. The molecule has 0 aromatic rings. The lowest BCUT2D eigenvalue weighted by Gasteiger charge is -2.36. The van der Waals surface area contributed by atoms with Crippen LogP contribution >= 0.6 is 0 Å². The first-order chi connectivity index (χ1) is 4.40. The number of rotatable bonds is 1. The highest BCUT2D eigenvalue weighted by molar-refractivity contribution is 5.09. The topological polar surface area (TPSA) is 3.24 Å². The van der Waals surface area contributed by atoms with E-state index in [0.29, 0.717) is 11.0 Å². The second-order valence-electron chi connectivity index (χ2n) is 4.68. The normalized spacial score (nSPS) is 23.4. The molecule has 0 unspecified atom stereocenters. The third-order valence-electron chi connectivity index (χ3n) is 2.98. The Labute approximate surface area is 64.4 Å². The van der Waals surface area contributed by atoms with Crippen molar-refractivity contribution in [3.63, 3.8) is 0 Å². The van der Waals surface area contributed by atoms with E-state index in [1.54, 1.807) is 0 Å². The fraction of sp³-hybridized carbons (Fsp3) is 1.00. The quantitative estimate of drug-likeness (QED) is 0.540. The molecular weight excluding hydrogens is 122 g/mol. The molecule has 0 saturated heterocycles. The Hall–Kier alpha value is -0.0400. The van der Waals surface area contributed by atoms with Crippen molar-refractivity contribution in [1.29, 1.82) is 0 Å². The molecule has 0 aromatic heterocycles. The Kier molecular flexibility index (Phi) is 1.59. The molecule has 1 fully saturated rings. The van der Waals surface area contributed by atoms with Crippen LogP contribution in [-0.2, 0) is 0 Å². The minimum absolute atomic E-state index is 0.455. The standard InChI is InChI=1S/C9H19N/c1-8(2,3)9(6-7-9)10(4)5/h6-7H2,1-5H3. The average Bonchev–Trinajstić information content (AvgIpc) is 2.36. The summed E-state index contributed by atoms with van der Waals surface area (Å²) in [5, 5.41) is 0. The Morgan fingerprint density at radius 2 is 1.50 bits per heavy atom. The molecular formula is C9H19N. The zero-order chi connectivity index (χ0) is 7.99. The first-order valence-corrected chi connectivity index (χ1v) is 4.08. The largest absolute Gasteiger partial charge is 0.303 e. The first-order valence-electron chi connectivity index (χ1n) is 4.08. The van der Waals surface area contributed by atoms with Crippen LogP contribution in [0.3, 0.4) is 0 Å². The van der Waals surface area contributed by atoms with Gasteiger partial charge >= 0.3 is 0 Å². The van der Waals surface area contributed by atoms with Gasteiger partial charge in [-0.2, -0.15) is 0 Å². The lowest BCUT2D eigenvalue weighted by Crippen LogP contribution is -2.41. The monoisotopic (exact) mass is 141 g/mol. The van der Waals surface area contributed by atoms with Gasteiger partial charge in [-0.15, -0.1) is 0 Å². The van der Waals surface area contributed by atoms with E-state index < -0.39 is 0 Å². The molecule has 1 aliphatic rings. The molecule has 10 heavy (non-hydrogen) atoms. The van der Waals surface area contributed by atoms with Crippen LogP contribution in [0.5, 0.6) is 0 Å². The van der Waals surface area contributed by atoms with Gasteiger partial charge in [0.25, 0.3) is 0 Å². The van der Waals surface area contributed by atoms with Gasteiger partial charge in [-0.05, 0) is 32.4 Å². The molecule has 0 heterocycles. The van der Waals surface area contributed by atoms with E-state index in [1.165, 1.54) is 12.8 Å². The van der Waals surface area contributed by atoms with Crippen LogP contribution < -0.4 is 0 Å². The van der Waals surface area contributed by atoms with Gasteiger partial charge in [0.1, 0.15) is 0 Å². The number of nitrogens with zero attached hydrogens (tertiary/aromatic N) is 1. The molecule has 0 radical (unpaired) electrons. The predicted octanol–water partition coefficient (Wildman–Crippen LogP) is 2.13. The summed E-state index contributed by atoms with van der Waals surface area (Å²) >= 11 is 0. The fourth-order valence-electron chi connectivity index (χ4n) is 1.99. The van der Waals surface area contributed by atoms with Gasteiger partial charge in [-0.25, -0.2) is 0 Å². The van der Waals surface area contributed by atoms with E-state index in [9.17, 15) is 0 Å². The molecule has 60 valence electrons. The van der Waals surface area contributed by atoms with Crippen LogP contribution in [0.25, 0.3) is 0 Å². The molecule has 0 amide bonds. The zero-order valence-corrected chi connectivity index (χ0v) is 7.86. The van der Waals surface area contributed by atoms with Crippen molar-refractivity contribution in [2.75, 3.05) is 14.1 Å². The van der Waals surface area contributed by atoms with Gasteiger partial charge in [-0.3, -0.25) is 0 Å². The first kappa shape index (κ1) is 8.06. The van der Waals surface area contributed by atoms with Gasteiger partial charge in [0, 0.05) is 5.54 Å². The molecule has 0 bridgehead atoms. The second-order valence-corrected chi connectivity index (χ2v) is 4.68. The van der Waals surface area contributed by atoms with E-state index in [0.717, 1.165) is 0 Å². The highest BCUT2D eigenvalue weighted by Gasteiger charge is 2.53. The SMILES string of the molecule is CN(C)C1(C(C)(C)C)CC1. The Balaban J connectivity index is 2.70. The van der Waals surface area contributed by atoms with E-state index in [4.69, 9.17) is 0 Å². The van der Waals surface area contributed by atoms with Crippen LogP contribution in [0.2, 0.25) is 0 Å². The van der Waals surface area contributed by atoms with Crippen molar-refractivity contribution < 1.29 is 0 Å². The summed E-state index contributed by atoms with van der Waals surface area (Å²) in [7, 11) is 4.39. The highest BCUT2D eigenvalue weighted by atomic mass is 15.2. The van der Waals surface area contributed by atoms with Crippen LogP contribution in [0.15, 0.2) is 0 Å². The maximum absolute atomic E-state index is 2.38. The summed E-state index contributed by atoms with van der Waals surface area (Å²) in [6.07, 6.45) is 2.76. The van der Waals surface area contributed by atoms with Gasteiger partial charge in [0.2, 0.25) is 0 Å². The van der Waals surface area contributed by atoms with E-state index in [1.807, 2.05) is 0 Å². The number of hydrogen-bond donors (Lipinski definition) is 0. The minimum Gasteiger partial charge on any atom is -0.303 e. The van der Waals surface area contributed by atoms with Gasteiger partial charge in [0.05, 0.1) is 0 Å². The van der Waals surface area contributed by atoms with Gasteiger partial charge in [-0.1, -0.05) is 20.8 Å². The lowest BCUT2D eigenvalue weighted by molar-refractivity contribution is 0.129. The van der Waals surface area contributed by atoms with Crippen molar-refractivity contribution in [2.45, 2.75) is 39.2 Å². The molecule has 0 spiro atoms. The second kappa shape index (κ2) is 1.97. The van der Waals surface area contributed by atoms with Gasteiger partial charge in [0.15, 0.2) is 0 Å². The maximum Gasteiger partial charge on any atom is 0.0253 e. The number of hydrogen-bond acceptors (Lipinski definition) is 1. The smallest absolute Gasteiger partial charge is 0.0253 e. The van der Waals surface area contributed by atoms with Crippen LogP contribution in [0.1, 0.15) is 33.6 Å². The van der Waals surface area contributed by atoms with Crippen LogP contribution in [0, 0.1) is 5.41 Å².